The van der Waals surface area contributed by atoms with Crippen LogP contribution in [0.5, 0.6) is 5.75 Å². The van der Waals surface area contributed by atoms with Gasteiger partial charge in [0.2, 0.25) is 0 Å². The molecule has 2 aromatic rings. The highest BCUT2D eigenvalue weighted by Crippen LogP contribution is 2.31. The molecule has 28 heavy (non-hydrogen) atoms. The lowest BCUT2D eigenvalue weighted by Crippen LogP contribution is -2.46. The molecule has 0 radical (unpaired) electrons. The van der Waals surface area contributed by atoms with E-state index in [4.69, 9.17) is 51.8 Å². The number of hydrazine groups is 1. The van der Waals surface area contributed by atoms with E-state index in [9.17, 15) is 9.59 Å². The van der Waals surface area contributed by atoms with Crippen LogP contribution in [0.25, 0.3) is 6.08 Å². The number of hydrogen-bond acceptors (Lipinski definition) is 5. The maximum absolute atomic E-state index is 12.5. The van der Waals surface area contributed by atoms with Gasteiger partial charge in [0, 0.05) is 10.0 Å². The second kappa shape index (κ2) is 9.15. The minimum atomic E-state index is -0.560. The second-order valence-corrected chi connectivity index (χ2v) is 8.42. The number of nitrogens with one attached hydrogen (secondary N) is 1. The summed E-state index contributed by atoms with van der Waals surface area (Å²) < 4.78 is 5.56. The average molecular weight is 474 g/mol. The normalized spacial score (nSPS) is 15.2. The summed E-state index contributed by atoms with van der Waals surface area (Å²) in [6.45, 7) is -0.353. The Kier molecular flexibility index (Phi) is 6.85. The second-order valence-electron chi connectivity index (χ2n) is 5.47. The van der Waals surface area contributed by atoms with Gasteiger partial charge in [0.25, 0.3) is 11.8 Å². The molecule has 1 aliphatic heterocycles. The van der Waals surface area contributed by atoms with Gasteiger partial charge in [-0.25, -0.2) is 0 Å². The minimum absolute atomic E-state index is 0.211. The van der Waals surface area contributed by atoms with Gasteiger partial charge in [-0.3, -0.25) is 15.0 Å². The molecule has 0 bridgehead atoms. The van der Waals surface area contributed by atoms with Crippen molar-refractivity contribution in [3.8, 4) is 5.75 Å². The summed E-state index contributed by atoms with van der Waals surface area (Å²) in [5.41, 5.74) is 3.22. The third kappa shape index (κ3) is 5.18. The predicted octanol–water partition coefficient (Wildman–Crippen LogP) is 4.96. The van der Waals surface area contributed by atoms with E-state index in [1.165, 1.54) is 6.07 Å². The molecule has 0 atom stereocenters. The van der Waals surface area contributed by atoms with E-state index >= 15 is 0 Å². The summed E-state index contributed by atoms with van der Waals surface area (Å²) in [4.78, 5) is 25.0. The van der Waals surface area contributed by atoms with Gasteiger partial charge in [0.05, 0.1) is 9.93 Å². The third-order valence-electron chi connectivity index (χ3n) is 3.45. The van der Waals surface area contributed by atoms with Gasteiger partial charge < -0.3 is 4.74 Å². The highest BCUT2D eigenvalue weighted by Gasteiger charge is 2.33. The van der Waals surface area contributed by atoms with Crippen LogP contribution >= 0.6 is 58.8 Å². The fourth-order valence-corrected chi connectivity index (χ4v) is 3.94. The number of carbonyl (C=O) groups is 2. The number of amides is 2. The first-order valence-corrected chi connectivity index (χ1v) is 10.1. The van der Waals surface area contributed by atoms with Gasteiger partial charge in [-0.1, -0.05) is 58.7 Å². The number of carbonyl (C=O) groups excluding carboxylic acids is 2. The Labute approximate surface area is 185 Å². The molecule has 0 saturated carbocycles. The Morgan fingerprint density at radius 3 is 2.50 bits per heavy atom. The number of nitrogens with zero attached hydrogens (tertiary/aromatic N) is 1. The minimum Gasteiger partial charge on any atom is -0.482 e. The number of ether oxygens (including phenoxy) is 1. The molecule has 1 fully saturated rings. The topological polar surface area (TPSA) is 58.6 Å². The molecule has 1 saturated heterocycles. The van der Waals surface area contributed by atoms with Gasteiger partial charge in [-0.2, -0.15) is 5.01 Å². The molecule has 144 valence electrons. The fourth-order valence-electron chi connectivity index (χ4n) is 2.17. The molecule has 5 nitrogen and oxygen atoms in total. The van der Waals surface area contributed by atoms with Crippen molar-refractivity contribution in [2.75, 3.05) is 6.61 Å². The van der Waals surface area contributed by atoms with Crippen molar-refractivity contribution in [1.82, 2.24) is 10.4 Å². The molecule has 1 heterocycles. The SMILES string of the molecule is O=C(COc1ccc(Cl)cc1Cl)NN1C(=O)/C(=C/c2ccc(Cl)cc2)SC1=S. The molecule has 10 heteroatoms. The highest BCUT2D eigenvalue weighted by atomic mass is 35.5. The van der Waals surface area contributed by atoms with Gasteiger partial charge in [-0.15, -0.1) is 0 Å². The quantitative estimate of drug-likeness (QED) is 0.491. The van der Waals surface area contributed by atoms with Crippen LogP contribution in [0.2, 0.25) is 15.1 Å². The van der Waals surface area contributed by atoms with Crippen LogP contribution in [-0.2, 0) is 9.59 Å². The first-order chi connectivity index (χ1) is 13.3. The van der Waals surface area contributed by atoms with Crippen LogP contribution < -0.4 is 10.2 Å². The van der Waals surface area contributed by atoms with Crippen molar-refractivity contribution in [2.45, 2.75) is 0 Å². The molecular formula is C18H11Cl3N2O3S2. The number of thioether (sulfide) groups is 1. The molecular weight excluding hydrogens is 463 g/mol. The molecule has 0 aromatic heterocycles. The Hall–Kier alpha value is -1.77. The number of halogens is 3. The van der Waals surface area contributed by atoms with Crippen molar-refractivity contribution in [3.05, 3.63) is 68.0 Å². The predicted molar refractivity (Wildman–Crippen MR) is 117 cm³/mol. The maximum Gasteiger partial charge on any atom is 0.285 e. The lowest BCUT2D eigenvalue weighted by Gasteiger charge is -2.16. The largest absolute Gasteiger partial charge is 0.482 e. The van der Waals surface area contributed by atoms with Crippen molar-refractivity contribution in [1.29, 1.82) is 0 Å². The van der Waals surface area contributed by atoms with Crippen LogP contribution in [-0.4, -0.2) is 27.8 Å². The van der Waals surface area contributed by atoms with Crippen molar-refractivity contribution in [2.24, 2.45) is 0 Å². The summed E-state index contributed by atoms with van der Waals surface area (Å²) in [5.74, 6) is -0.688. The van der Waals surface area contributed by atoms with Crippen LogP contribution in [0, 0.1) is 0 Å². The summed E-state index contributed by atoms with van der Waals surface area (Å²) in [7, 11) is 0. The van der Waals surface area contributed by atoms with Crippen LogP contribution in [0.15, 0.2) is 47.4 Å². The zero-order valence-electron chi connectivity index (χ0n) is 13.9. The number of thiocarbonyl (C=S) groups is 1. The van der Waals surface area contributed by atoms with Crippen molar-refractivity contribution >= 4 is 81.0 Å². The molecule has 0 aliphatic carbocycles. The number of hydrogen-bond donors (Lipinski definition) is 1. The Bertz CT molecular complexity index is 981. The van der Waals surface area contributed by atoms with E-state index in [0.29, 0.717) is 20.7 Å². The maximum atomic E-state index is 12.5. The number of benzene rings is 2. The monoisotopic (exact) mass is 472 g/mol. The molecule has 1 aliphatic rings. The van der Waals surface area contributed by atoms with E-state index in [-0.39, 0.29) is 16.0 Å². The zero-order chi connectivity index (χ0) is 20.3. The Morgan fingerprint density at radius 1 is 1.14 bits per heavy atom. The smallest absolute Gasteiger partial charge is 0.285 e. The van der Waals surface area contributed by atoms with Crippen molar-refractivity contribution in [3.63, 3.8) is 0 Å². The molecule has 0 unspecified atom stereocenters. The molecule has 2 amide bonds. The van der Waals surface area contributed by atoms with Crippen LogP contribution in [0.4, 0.5) is 0 Å². The zero-order valence-corrected chi connectivity index (χ0v) is 17.8. The van der Waals surface area contributed by atoms with Crippen LogP contribution in [0.3, 0.4) is 0 Å². The van der Waals surface area contributed by atoms with Crippen molar-refractivity contribution < 1.29 is 14.3 Å². The fraction of sp³-hybridized carbons (Fsp3) is 0.0556. The van der Waals surface area contributed by atoms with E-state index in [1.54, 1.807) is 42.5 Å². The third-order valence-corrected chi connectivity index (χ3v) is 5.54. The standard InChI is InChI=1S/C18H11Cl3N2O3S2/c19-11-3-1-10(2-4-11)7-15-17(25)23(18(27)28-15)22-16(24)9-26-14-6-5-12(20)8-13(14)21/h1-8H,9H2,(H,22,24)/b15-7-. The average Bonchev–Trinajstić information content (AvgIpc) is 2.90. The van der Waals surface area contributed by atoms with Gasteiger partial charge in [0.15, 0.2) is 10.9 Å². The lowest BCUT2D eigenvalue weighted by molar-refractivity contribution is -0.134. The van der Waals surface area contributed by atoms with E-state index in [0.717, 1.165) is 22.3 Å². The van der Waals surface area contributed by atoms with Crippen LogP contribution in [0.1, 0.15) is 5.56 Å². The summed E-state index contributed by atoms with van der Waals surface area (Å²) in [6.07, 6.45) is 1.67. The Balaban J connectivity index is 1.62. The van der Waals surface area contributed by atoms with E-state index < -0.39 is 11.8 Å². The first-order valence-electron chi connectivity index (χ1n) is 7.74. The first kappa shape index (κ1) is 21.0. The van der Waals surface area contributed by atoms with E-state index in [2.05, 4.69) is 5.43 Å². The summed E-state index contributed by atoms with van der Waals surface area (Å²) in [6, 6.07) is 11.6. The highest BCUT2D eigenvalue weighted by molar-refractivity contribution is 8.26. The molecule has 0 spiro atoms. The lowest BCUT2D eigenvalue weighted by atomic mass is 10.2. The summed E-state index contributed by atoms with van der Waals surface area (Å²) >= 11 is 23.9. The van der Waals surface area contributed by atoms with Gasteiger partial charge in [-0.05, 0) is 54.2 Å². The van der Waals surface area contributed by atoms with Gasteiger partial charge in [0.1, 0.15) is 5.75 Å². The van der Waals surface area contributed by atoms with E-state index in [1.807, 2.05) is 0 Å². The number of rotatable bonds is 5. The molecule has 2 aromatic carbocycles. The molecule has 1 N–H and O–H groups in total. The summed E-state index contributed by atoms with van der Waals surface area (Å²) in [5, 5.41) is 2.33. The van der Waals surface area contributed by atoms with Gasteiger partial charge >= 0.3 is 0 Å². The molecule has 3 rings (SSSR count). The Morgan fingerprint density at radius 2 is 1.82 bits per heavy atom.